The number of para-hydroxylation sites is 1. The Morgan fingerprint density at radius 2 is 2.04 bits per heavy atom. The SMILES string of the molecule is COCCOc1c(Cl)cccc1NC(=O)[C@H]1Cc2ccccc21. The first-order valence-electron chi connectivity index (χ1n) is 7.49. The van der Waals surface area contributed by atoms with Gasteiger partial charge in [0.2, 0.25) is 5.91 Å². The normalized spacial score (nSPS) is 15.5. The second-order valence-electron chi connectivity index (χ2n) is 5.40. The van der Waals surface area contributed by atoms with Crippen molar-refractivity contribution in [1.29, 1.82) is 0 Å². The molecule has 0 radical (unpaired) electrons. The lowest BCUT2D eigenvalue weighted by Gasteiger charge is -2.29. The number of halogens is 1. The van der Waals surface area contributed by atoms with E-state index >= 15 is 0 Å². The molecule has 1 aliphatic rings. The zero-order chi connectivity index (χ0) is 16.2. The number of anilines is 1. The molecule has 0 aliphatic heterocycles. The van der Waals surface area contributed by atoms with Gasteiger partial charge in [0.25, 0.3) is 0 Å². The second kappa shape index (κ2) is 7.02. The molecule has 0 fully saturated rings. The highest BCUT2D eigenvalue weighted by Crippen LogP contribution is 2.38. The minimum Gasteiger partial charge on any atom is -0.487 e. The smallest absolute Gasteiger partial charge is 0.232 e. The quantitative estimate of drug-likeness (QED) is 0.822. The van der Waals surface area contributed by atoms with Gasteiger partial charge < -0.3 is 14.8 Å². The molecule has 0 saturated heterocycles. The van der Waals surface area contributed by atoms with Gasteiger partial charge in [-0.1, -0.05) is 41.9 Å². The van der Waals surface area contributed by atoms with Crippen LogP contribution in [0, 0.1) is 0 Å². The fourth-order valence-electron chi connectivity index (χ4n) is 2.69. The molecule has 5 heteroatoms. The third-order valence-corrected chi connectivity index (χ3v) is 4.23. The van der Waals surface area contributed by atoms with Crippen LogP contribution in [0.1, 0.15) is 17.0 Å². The van der Waals surface area contributed by atoms with E-state index in [1.54, 1.807) is 25.3 Å². The topological polar surface area (TPSA) is 47.6 Å². The summed E-state index contributed by atoms with van der Waals surface area (Å²) in [5, 5.41) is 3.40. The molecule has 3 rings (SSSR count). The van der Waals surface area contributed by atoms with E-state index in [4.69, 9.17) is 21.1 Å². The van der Waals surface area contributed by atoms with E-state index in [1.807, 2.05) is 18.2 Å². The molecular formula is C18H18ClNO3. The summed E-state index contributed by atoms with van der Waals surface area (Å²) in [4.78, 5) is 12.5. The Bertz CT molecular complexity index is 717. The lowest BCUT2D eigenvalue weighted by molar-refractivity contribution is -0.118. The lowest BCUT2D eigenvalue weighted by Crippen LogP contribution is -2.30. The molecule has 1 N–H and O–H groups in total. The Kier molecular flexibility index (Phi) is 4.84. The summed E-state index contributed by atoms with van der Waals surface area (Å²) in [7, 11) is 1.60. The number of rotatable bonds is 6. The molecule has 0 bridgehead atoms. The van der Waals surface area contributed by atoms with Crippen LogP contribution in [0.2, 0.25) is 5.02 Å². The van der Waals surface area contributed by atoms with Crippen molar-refractivity contribution in [2.24, 2.45) is 0 Å². The van der Waals surface area contributed by atoms with E-state index in [0.717, 1.165) is 12.0 Å². The first kappa shape index (κ1) is 15.8. The van der Waals surface area contributed by atoms with Crippen molar-refractivity contribution in [3.05, 3.63) is 58.6 Å². The molecule has 0 aromatic heterocycles. The second-order valence-corrected chi connectivity index (χ2v) is 5.81. The van der Waals surface area contributed by atoms with Crippen molar-refractivity contribution in [1.82, 2.24) is 0 Å². The van der Waals surface area contributed by atoms with Gasteiger partial charge >= 0.3 is 0 Å². The van der Waals surface area contributed by atoms with Gasteiger partial charge in [-0.15, -0.1) is 0 Å². The van der Waals surface area contributed by atoms with Crippen molar-refractivity contribution < 1.29 is 14.3 Å². The highest BCUT2D eigenvalue weighted by molar-refractivity contribution is 6.32. The Labute approximate surface area is 140 Å². The number of ether oxygens (including phenoxy) is 2. The Morgan fingerprint density at radius 1 is 1.22 bits per heavy atom. The summed E-state index contributed by atoms with van der Waals surface area (Å²) >= 11 is 6.18. The van der Waals surface area contributed by atoms with Crippen LogP contribution in [0.4, 0.5) is 5.69 Å². The number of benzene rings is 2. The molecule has 0 spiro atoms. The van der Waals surface area contributed by atoms with Crippen LogP contribution in [-0.2, 0) is 16.0 Å². The fraction of sp³-hybridized carbons (Fsp3) is 0.278. The summed E-state index contributed by atoms with van der Waals surface area (Å²) in [6.45, 7) is 0.823. The van der Waals surface area contributed by atoms with Crippen LogP contribution in [0.25, 0.3) is 0 Å². The summed E-state index contributed by atoms with van der Waals surface area (Å²) in [6, 6.07) is 13.3. The summed E-state index contributed by atoms with van der Waals surface area (Å²) in [5.74, 6) is 0.326. The molecule has 0 unspecified atom stereocenters. The number of carbonyl (C=O) groups excluding carboxylic acids is 1. The average Bonchev–Trinajstić information content (AvgIpc) is 2.51. The number of hydrogen-bond acceptors (Lipinski definition) is 3. The summed E-state index contributed by atoms with van der Waals surface area (Å²) < 4.78 is 10.6. The Morgan fingerprint density at radius 3 is 2.83 bits per heavy atom. The highest BCUT2D eigenvalue weighted by Gasteiger charge is 2.32. The number of amides is 1. The number of methoxy groups -OCH3 is 1. The minimum absolute atomic E-state index is 0.0393. The molecule has 23 heavy (non-hydrogen) atoms. The molecule has 1 atom stereocenters. The molecule has 0 heterocycles. The van der Waals surface area contributed by atoms with Gasteiger partial charge in [0.15, 0.2) is 5.75 Å². The third-order valence-electron chi connectivity index (χ3n) is 3.93. The first-order valence-corrected chi connectivity index (χ1v) is 7.87. The van der Waals surface area contributed by atoms with Crippen LogP contribution >= 0.6 is 11.6 Å². The van der Waals surface area contributed by atoms with Crippen LogP contribution in [0.3, 0.4) is 0 Å². The van der Waals surface area contributed by atoms with Gasteiger partial charge in [0, 0.05) is 7.11 Å². The molecule has 4 nitrogen and oxygen atoms in total. The summed E-state index contributed by atoms with van der Waals surface area (Å²) in [5.41, 5.74) is 2.91. The van der Waals surface area contributed by atoms with Crippen LogP contribution in [-0.4, -0.2) is 26.2 Å². The average molecular weight is 332 g/mol. The number of fused-ring (bicyclic) bond motifs is 1. The standard InChI is InChI=1S/C18H18ClNO3/c1-22-9-10-23-17-15(19)7-4-8-16(17)20-18(21)14-11-12-5-2-3-6-13(12)14/h2-8,14H,9-11H2,1H3,(H,20,21)/t14-/m0/s1. The zero-order valence-corrected chi connectivity index (χ0v) is 13.6. The molecule has 0 saturated carbocycles. The van der Waals surface area contributed by atoms with Crippen molar-refractivity contribution in [3.63, 3.8) is 0 Å². The van der Waals surface area contributed by atoms with Gasteiger partial charge in [0.05, 0.1) is 23.2 Å². The van der Waals surface area contributed by atoms with E-state index in [0.29, 0.717) is 29.7 Å². The van der Waals surface area contributed by atoms with E-state index in [1.165, 1.54) is 5.56 Å². The highest BCUT2D eigenvalue weighted by atomic mass is 35.5. The fourth-order valence-corrected chi connectivity index (χ4v) is 2.92. The lowest BCUT2D eigenvalue weighted by atomic mass is 9.77. The molecule has 2 aromatic rings. The van der Waals surface area contributed by atoms with Crippen molar-refractivity contribution >= 4 is 23.2 Å². The molecule has 120 valence electrons. The third kappa shape index (κ3) is 3.33. The Balaban J connectivity index is 1.73. The maximum atomic E-state index is 12.5. The van der Waals surface area contributed by atoms with Gasteiger partial charge in [-0.05, 0) is 29.7 Å². The predicted octanol–water partition coefficient (Wildman–Crippen LogP) is 3.64. The number of hydrogen-bond donors (Lipinski definition) is 1. The predicted molar refractivity (Wildman–Crippen MR) is 90.3 cm³/mol. The molecule has 1 aliphatic carbocycles. The van der Waals surface area contributed by atoms with Crippen LogP contribution in [0.15, 0.2) is 42.5 Å². The minimum atomic E-state index is -0.114. The zero-order valence-electron chi connectivity index (χ0n) is 12.8. The van der Waals surface area contributed by atoms with Gasteiger partial charge in [0.1, 0.15) is 6.61 Å². The molecular weight excluding hydrogens is 314 g/mol. The monoisotopic (exact) mass is 331 g/mol. The van der Waals surface area contributed by atoms with Crippen LogP contribution < -0.4 is 10.1 Å². The molecule has 2 aromatic carbocycles. The first-order chi connectivity index (χ1) is 11.2. The number of carbonyl (C=O) groups is 1. The van der Waals surface area contributed by atoms with E-state index in [2.05, 4.69) is 11.4 Å². The van der Waals surface area contributed by atoms with E-state index in [-0.39, 0.29) is 11.8 Å². The number of nitrogens with one attached hydrogen (secondary N) is 1. The van der Waals surface area contributed by atoms with E-state index in [9.17, 15) is 4.79 Å². The van der Waals surface area contributed by atoms with Crippen molar-refractivity contribution in [2.45, 2.75) is 12.3 Å². The largest absolute Gasteiger partial charge is 0.487 e. The van der Waals surface area contributed by atoms with Gasteiger partial charge in [-0.25, -0.2) is 0 Å². The molecule has 1 amide bonds. The van der Waals surface area contributed by atoms with Gasteiger partial charge in [-0.3, -0.25) is 4.79 Å². The maximum absolute atomic E-state index is 12.5. The van der Waals surface area contributed by atoms with Crippen LogP contribution in [0.5, 0.6) is 5.75 Å². The van der Waals surface area contributed by atoms with E-state index < -0.39 is 0 Å². The summed E-state index contributed by atoms with van der Waals surface area (Å²) in [6.07, 6.45) is 0.766. The maximum Gasteiger partial charge on any atom is 0.232 e. The van der Waals surface area contributed by atoms with Gasteiger partial charge in [-0.2, -0.15) is 0 Å². The van der Waals surface area contributed by atoms with Crippen molar-refractivity contribution in [3.8, 4) is 5.75 Å². The Hall–Kier alpha value is -2.04. The van der Waals surface area contributed by atoms with Crippen molar-refractivity contribution in [2.75, 3.05) is 25.6 Å².